The largest absolute Gasteiger partial charge is 0.382 e. The molecule has 35 atom stereocenters. The van der Waals surface area contributed by atoms with Crippen molar-refractivity contribution >= 4 is 37.1 Å². The minimum absolute atomic E-state index is 0.0264. The molecule has 0 saturated carbocycles. The van der Waals surface area contributed by atoms with E-state index in [-0.39, 0.29) is 70.9 Å². The topological polar surface area (TPSA) is 372 Å². The molecule has 7 fully saturated rings. The van der Waals surface area contributed by atoms with Crippen molar-refractivity contribution in [2.45, 2.75) is 228 Å². The fraction of sp³-hybridized carbons (Fsp3) is 0.971. The molecule has 2 amide bonds. The lowest BCUT2D eigenvalue weighted by molar-refractivity contribution is -0.403. The summed E-state index contributed by atoms with van der Waals surface area (Å²) >= 11 is 8.46. The number of carbonyl (C=O) groups is 2. The Morgan fingerprint density at radius 2 is 0.431 bits per heavy atom. The van der Waals surface area contributed by atoms with Crippen LogP contribution in [0.1, 0.15) is 12.8 Å². The van der Waals surface area contributed by atoms with Crippen LogP contribution in [0.25, 0.3) is 0 Å². The van der Waals surface area contributed by atoms with Gasteiger partial charge in [0, 0.05) is 162 Å². The smallest absolute Gasteiger partial charge is 0.222 e. The molecule has 0 aromatic heterocycles. The highest BCUT2D eigenvalue weighted by molar-refractivity contribution is 7.80. The van der Waals surface area contributed by atoms with Gasteiger partial charge in [0.05, 0.1) is 52.3 Å². The van der Waals surface area contributed by atoms with Gasteiger partial charge in [-0.25, -0.2) is 0 Å². The molecule has 0 spiro atoms. The van der Waals surface area contributed by atoms with Crippen LogP contribution < -0.4 is 10.6 Å². The predicted octanol–water partition coefficient (Wildman–Crippen LogP) is -1.65. The van der Waals surface area contributed by atoms with E-state index in [4.69, 9.17) is 161 Å². The molecule has 109 heavy (non-hydrogen) atoms. The number of thiol groups is 2. The van der Waals surface area contributed by atoms with Gasteiger partial charge in [-0.1, -0.05) is 0 Å². The SMILES string of the molecule is COC[C@H]1O[C@H](O[C@H]2[C@H](OC)[C@@H](OC)[C@@H](O[C@H]3[C@H](OC)[C@@H](OC)[C@@H](O[C@H]4[C@H](OC)[C@@H](OC)[C@@H](O[C@H]5[C@H](OC)[C@@H](OC)[C@@H](O[C@H]6[C@H](OC)[C@@H](OC)[C@@H](O[C@H]7[C@H](OC)[C@@H](OC)[C@@H](NC(=O)CCS)O[C@@H]7COC)O[C@@H]6COC)O[C@@H]5COC)O[C@@H]4COC)O[C@@H]3COC)O[C@@H]2COC)[C@H](OC)[C@@H](OC)[C@@H]1NC(=O)CCS. The van der Waals surface area contributed by atoms with Gasteiger partial charge in [0.25, 0.3) is 0 Å². The number of amides is 2. The van der Waals surface area contributed by atoms with E-state index < -0.39 is 215 Å². The van der Waals surface area contributed by atoms with Crippen molar-refractivity contribution in [3.8, 4) is 0 Å². The lowest BCUT2D eigenvalue weighted by atomic mass is 9.94. The van der Waals surface area contributed by atoms with Crippen LogP contribution in [0.3, 0.4) is 0 Å². The number of methoxy groups -OCH3 is 21. The Morgan fingerprint density at radius 3 is 0.651 bits per heavy atom. The molecule has 0 aromatic carbocycles. The first-order valence-electron chi connectivity index (χ1n) is 36.0. The monoisotopic (exact) mass is 1620 g/mol. The third-order valence-corrected chi connectivity index (χ3v) is 20.9. The zero-order valence-corrected chi connectivity index (χ0v) is 68.4. The summed E-state index contributed by atoms with van der Waals surface area (Å²) in [7, 11) is 31.4. The summed E-state index contributed by atoms with van der Waals surface area (Å²) in [6.45, 7) is -0.169. The molecule has 0 unspecified atom stereocenters. The molecule has 40 heteroatoms. The molecule has 0 bridgehead atoms. The van der Waals surface area contributed by atoms with E-state index in [0.29, 0.717) is 11.5 Å². The average molecular weight is 1620 g/mol. The van der Waals surface area contributed by atoms with Crippen LogP contribution >= 0.6 is 25.3 Å². The average Bonchev–Trinajstić information content (AvgIpc) is 0.765. The third kappa shape index (κ3) is 22.8. The molecule has 38 nitrogen and oxygen atoms in total. The number of hydrogen-bond donors (Lipinski definition) is 4. The normalized spacial score (nSPS) is 41.6. The highest BCUT2D eigenvalue weighted by Gasteiger charge is 2.61. The Morgan fingerprint density at radius 1 is 0.239 bits per heavy atom. The van der Waals surface area contributed by atoms with Gasteiger partial charge in [0.1, 0.15) is 165 Å². The molecule has 0 aliphatic carbocycles. The molecule has 7 rings (SSSR count). The van der Waals surface area contributed by atoms with Crippen molar-refractivity contribution in [3.63, 3.8) is 0 Å². The van der Waals surface area contributed by atoms with Crippen molar-refractivity contribution in [2.75, 3.05) is 207 Å². The van der Waals surface area contributed by atoms with Crippen molar-refractivity contribution in [1.29, 1.82) is 0 Å². The van der Waals surface area contributed by atoms with Gasteiger partial charge in [0.15, 0.2) is 44.0 Å². The van der Waals surface area contributed by atoms with E-state index in [1.807, 2.05) is 0 Å². The van der Waals surface area contributed by atoms with Gasteiger partial charge in [-0.2, -0.15) is 25.3 Å². The van der Waals surface area contributed by atoms with Gasteiger partial charge in [0.2, 0.25) is 11.8 Å². The zero-order valence-electron chi connectivity index (χ0n) is 66.6. The minimum atomic E-state index is -1.26. The summed E-state index contributed by atoms with van der Waals surface area (Å²) < 4.78 is 216. The highest BCUT2D eigenvalue weighted by Crippen LogP contribution is 2.42. The lowest BCUT2D eigenvalue weighted by Crippen LogP contribution is -2.70. The second-order valence-electron chi connectivity index (χ2n) is 26.6. The second-order valence-corrected chi connectivity index (χ2v) is 27.5. The number of nitrogens with one attached hydrogen (secondary N) is 2. The molecule has 638 valence electrons. The van der Waals surface area contributed by atoms with E-state index in [9.17, 15) is 9.59 Å². The fourth-order valence-electron chi connectivity index (χ4n) is 15.5. The summed E-state index contributed by atoms with van der Waals surface area (Å²) in [5.74, 6) is 0.0864. The van der Waals surface area contributed by atoms with Crippen LogP contribution in [-0.4, -0.2) is 434 Å². The standard InChI is InChI=1S/C69H124N2O36S2/c1-74-26-33-42(70-40(72)22-24-108)49(81-8)57(89-16)64(96-33)103-44-35(28-76-3)98-66(59(91-18)51(44)83-10)105-46-37(30-78-5)100-68(61(93-20)53(46)85-12)107-48-39(32-80-7)101-69(62(94-21)55(48)87-14)106-47-38(31-79-6)99-67(60(92-19)54(47)86-13)104-45-36(29-77-4)97-65(58(90-17)52(45)84-11)102-43-34(27-75-2)95-63(71-41(73)23-25-109)56(88-15)50(43)82-9/h33-39,42-69,108-109H,22-32H2,1-21H3,(H,70,72)(H,71,73)/t33-,34-,35-,36-,37-,38-,39-,42-,43-,44-,45-,46-,47-,48-,49+,50+,51+,52+,53+,54+,55+,56-,57-,58-,59-,60-,61-,62-,63+,64-,65-,66-,67-,68-,69-/m1/s1. The molecular weight excluding hydrogens is 1500 g/mol. The fourth-order valence-corrected chi connectivity index (χ4v) is 15.9. The molecule has 2 N–H and O–H groups in total. The van der Waals surface area contributed by atoms with E-state index in [0.717, 1.165) is 0 Å². The van der Waals surface area contributed by atoms with Crippen LogP contribution in [0.5, 0.6) is 0 Å². The maximum Gasteiger partial charge on any atom is 0.222 e. The van der Waals surface area contributed by atoms with E-state index >= 15 is 0 Å². The van der Waals surface area contributed by atoms with Gasteiger partial charge < -0.3 is 172 Å². The van der Waals surface area contributed by atoms with Crippen LogP contribution in [0.4, 0.5) is 0 Å². The van der Waals surface area contributed by atoms with E-state index in [1.165, 1.54) is 149 Å². The minimum Gasteiger partial charge on any atom is -0.382 e. The molecule has 0 aromatic rings. The van der Waals surface area contributed by atoms with Gasteiger partial charge in [-0.15, -0.1) is 0 Å². The van der Waals surface area contributed by atoms with Gasteiger partial charge >= 0.3 is 0 Å². The van der Waals surface area contributed by atoms with Crippen molar-refractivity contribution in [3.05, 3.63) is 0 Å². The zero-order chi connectivity index (χ0) is 79.6. The number of rotatable bonds is 46. The number of ether oxygens (including phenoxy) is 34. The Kier molecular flexibility index (Phi) is 41.8. The second kappa shape index (κ2) is 48.2. The summed E-state index contributed by atoms with van der Waals surface area (Å²) in [6, 6.07) is -0.698. The van der Waals surface area contributed by atoms with Gasteiger partial charge in [-0.05, 0) is 11.5 Å². The maximum absolute atomic E-state index is 13.0. The van der Waals surface area contributed by atoms with Crippen LogP contribution in [0, 0.1) is 0 Å². The Labute approximate surface area is 650 Å². The summed E-state index contributed by atoms with van der Waals surface area (Å²) in [6.07, 6.45) is -33.6. The van der Waals surface area contributed by atoms with Crippen LogP contribution in [0.2, 0.25) is 0 Å². The molecule has 7 heterocycles. The molecule has 0 radical (unpaired) electrons. The number of hydrogen-bond acceptors (Lipinski definition) is 38. The van der Waals surface area contributed by atoms with E-state index in [2.05, 4.69) is 35.9 Å². The van der Waals surface area contributed by atoms with E-state index in [1.54, 1.807) is 0 Å². The van der Waals surface area contributed by atoms with Gasteiger partial charge in [-0.3, -0.25) is 9.59 Å². The molecule has 7 saturated heterocycles. The van der Waals surface area contributed by atoms with Crippen LogP contribution in [-0.2, 0) is 171 Å². The Bertz CT molecular complexity index is 2530. The Balaban J connectivity index is 1.10. The molecular formula is C69H124N2O36S2. The quantitative estimate of drug-likeness (QED) is 0.0496. The highest BCUT2D eigenvalue weighted by atomic mass is 32.1. The summed E-state index contributed by atoms with van der Waals surface area (Å²) in [5.41, 5.74) is 0. The van der Waals surface area contributed by atoms with Crippen molar-refractivity contribution < 1.29 is 171 Å². The maximum atomic E-state index is 13.0. The van der Waals surface area contributed by atoms with Crippen molar-refractivity contribution in [2.24, 2.45) is 0 Å². The van der Waals surface area contributed by atoms with Crippen molar-refractivity contribution in [1.82, 2.24) is 10.6 Å². The number of carbonyl (C=O) groups excluding carboxylic acids is 2. The lowest BCUT2D eigenvalue weighted by Gasteiger charge is -2.52. The first-order valence-corrected chi connectivity index (χ1v) is 37.3. The first kappa shape index (κ1) is 94.4. The summed E-state index contributed by atoms with van der Waals surface area (Å²) in [5, 5.41) is 5.88. The first-order chi connectivity index (χ1) is 52.9. The molecule has 7 aliphatic rings. The van der Waals surface area contributed by atoms with Crippen LogP contribution in [0.15, 0.2) is 0 Å². The molecule has 7 aliphatic heterocycles. The summed E-state index contributed by atoms with van der Waals surface area (Å²) in [4.78, 5) is 25.8. The third-order valence-electron chi connectivity index (χ3n) is 20.4. The predicted molar refractivity (Wildman–Crippen MR) is 381 cm³/mol. The Hall–Kier alpha value is -1.72.